The summed E-state index contributed by atoms with van der Waals surface area (Å²) < 4.78 is 33.8. The van der Waals surface area contributed by atoms with Gasteiger partial charge in [0.15, 0.2) is 5.78 Å². The minimum absolute atomic E-state index is 0.0272. The number of carbonyl (C=O) groups is 2. The third kappa shape index (κ3) is 15.5. The van der Waals surface area contributed by atoms with Crippen LogP contribution in [0.5, 0.6) is 5.75 Å². The molecule has 0 saturated heterocycles. The summed E-state index contributed by atoms with van der Waals surface area (Å²) in [6.07, 6.45) is 14.9. The van der Waals surface area contributed by atoms with Gasteiger partial charge in [0.2, 0.25) is 16.1 Å². The van der Waals surface area contributed by atoms with Crippen molar-refractivity contribution < 1.29 is 27.7 Å². The largest absolute Gasteiger partial charge is 0.473 e. The normalized spacial score (nSPS) is 12.4. The summed E-state index contributed by atoms with van der Waals surface area (Å²) in [5.74, 6) is -1.30. The molecule has 1 atom stereocenters. The van der Waals surface area contributed by atoms with Crippen molar-refractivity contribution in [2.24, 2.45) is 5.41 Å². The number of ketones is 1. The minimum Gasteiger partial charge on any atom is -0.473 e. The Morgan fingerprint density at radius 3 is 1.85 bits per heavy atom. The lowest BCUT2D eigenvalue weighted by Gasteiger charge is -2.25. The van der Waals surface area contributed by atoms with Gasteiger partial charge >= 0.3 is 0 Å². The number of unbranched alkanes of at least 4 members (excludes halogenated alkanes) is 13. The molecule has 2 N–H and O–H groups in total. The second-order valence-electron chi connectivity index (χ2n) is 13.1. The number of rotatable bonds is 23. The Labute approximate surface area is 285 Å². The van der Waals surface area contributed by atoms with E-state index in [1.807, 2.05) is 0 Å². The second-order valence-corrected chi connectivity index (χ2v) is 15.3. The van der Waals surface area contributed by atoms with E-state index in [1.165, 1.54) is 107 Å². The summed E-state index contributed by atoms with van der Waals surface area (Å²) in [5.41, 5.74) is -0.828. The molecule has 10 nitrogen and oxygen atoms in total. The molecule has 2 aromatic rings. The number of non-ortho nitro benzene ring substituents is 1. The number of carbonyl (C=O) groups excluding carboxylic acids is 2. The number of halogens is 1. The monoisotopic (exact) mass is 693 g/mol. The van der Waals surface area contributed by atoms with E-state index in [1.54, 1.807) is 20.8 Å². The fraction of sp³-hybridized carbons (Fsp3) is 0.600. The molecule has 1 amide bonds. The Kier molecular flexibility index (Phi) is 17.2. The molecule has 47 heavy (non-hydrogen) atoms. The highest BCUT2D eigenvalue weighted by molar-refractivity contribution is 7.92. The van der Waals surface area contributed by atoms with Gasteiger partial charge in [-0.1, -0.05) is 123 Å². The zero-order chi connectivity index (χ0) is 34.9. The minimum atomic E-state index is -3.64. The van der Waals surface area contributed by atoms with Crippen molar-refractivity contribution in [1.29, 1.82) is 0 Å². The van der Waals surface area contributed by atoms with Gasteiger partial charge in [-0.05, 0) is 36.8 Å². The molecule has 0 radical (unpaired) electrons. The van der Waals surface area contributed by atoms with E-state index < -0.39 is 38.2 Å². The number of amides is 1. The van der Waals surface area contributed by atoms with E-state index >= 15 is 0 Å². The van der Waals surface area contributed by atoms with Gasteiger partial charge in [-0.2, -0.15) is 0 Å². The van der Waals surface area contributed by atoms with Crippen molar-refractivity contribution in [3.63, 3.8) is 0 Å². The third-order valence-corrected chi connectivity index (χ3v) is 9.48. The predicted molar refractivity (Wildman–Crippen MR) is 190 cm³/mol. The first-order chi connectivity index (χ1) is 22.2. The molecule has 1 unspecified atom stereocenters. The second kappa shape index (κ2) is 20.2. The van der Waals surface area contributed by atoms with Gasteiger partial charge in [0.25, 0.3) is 11.6 Å². The molecule has 0 heterocycles. The van der Waals surface area contributed by atoms with Gasteiger partial charge in [0.05, 0.1) is 27.1 Å². The Bertz CT molecular complexity index is 1390. The van der Waals surface area contributed by atoms with E-state index in [0.29, 0.717) is 6.42 Å². The fourth-order valence-electron chi connectivity index (χ4n) is 5.00. The lowest BCUT2D eigenvalue weighted by atomic mass is 9.87. The van der Waals surface area contributed by atoms with E-state index in [0.717, 1.165) is 19.3 Å². The molecule has 0 saturated carbocycles. The first-order valence-electron chi connectivity index (χ1n) is 16.8. The molecule has 0 fully saturated rings. The van der Waals surface area contributed by atoms with Crippen molar-refractivity contribution >= 4 is 50.4 Å². The van der Waals surface area contributed by atoms with Crippen LogP contribution in [0, 0.1) is 15.5 Å². The molecule has 0 aliphatic carbocycles. The van der Waals surface area contributed by atoms with E-state index in [2.05, 4.69) is 17.0 Å². The van der Waals surface area contributed by atoms with Crippen molar-refractivity contribution in [2.45, 2.75) is 124 Å². The average molecular weight is 694 g/mol. The van der Waals surface area contributed by atoms with Crippen LogP contribution in [-0.2, 0) is 19.6 Å². The molecule has 0 aliphatic heterocycles. The summed E-state index contributed by atoms with van der Waals surface area (Å²) in [6, 6.07) is 9.33. The average Bonchev–Trinajstić information content (AvgIpc) is 3.00. The van der Waals surface area contributed by atoms with E-state index in [4.69, 9.17) is 16.3 Å². The number of nitro groups is 1. The van der Waals surface area contributed by atoms with Crippen molar-refractivity contribution in [1.82, 2.24) is 0 Å². The van der Waals surface area contributed by atoms with Crippen LogP contribution < -0.4 is 14.8 Å². The summed E-state index contributed by atoms with van der Waals surface area (Å²) >= 11 is 6.31. The number of nitrogens with one attached hydrogen (secondary N) is 2. The summed E-state index contributed by atoms with van der Waals surface area (Å²) in [4.78, 5) is 36.9. The predicted octanol–water partition coefficient (Wildman–Crippen LogP) is 9.47. The maximum Gasteiger partial charge on any atom is 0.273 e. The number of benzene rings is 2. The number of hydrogen-bond acceptors (Lipinski definition) is 7. The van der Waals surface area contributed by atoms with Gasteiger partial charge in [-0.15, -0.1) is 0 Å². The molecule has 12 heteroatoms. The lowest BCUT2D eigenvalue weighted by molar-refractivity contribution is -0.384. The zero-order valence-electron chi connectivity index (χ0n) is 28.3. The highest BCUT2D eigenvalue weighted by Crippen LogP contribution is 2.28. The Hall–Kier alpha value is -3.18. The van der Waals surface area contributed by atoms with Crippen LogP contribution in [-0.4, -0.2) is 36.9 Å². The molecule has 0 aliphatic rings. The van der Waals surface area contributed by atoms with Gasteiger partial charge in [0, 0.05) is 17.5 Å². The van der Waals surface area contributed by atoms with Crippen LogP contribution in [0.3, 0.4) is 0 Å². The Balaban J connectivity index is 1.87. The molecular formula is C35H52ClN3O7S. The highest BCUT2D eigenvalue weighted by atomic mass is 35.5. The first kappa shape index (κ1) is 40.0. The Morgan fingerprint density at radius 1 is 0.851 bits per heavy atom. The van der Waals surface area contributed by atoms with Crippen LogP contribution in [0.15, 0.2) is 42.5 Å². The summed E-state index contributed by atoms with van der Waals surface area (Å²) in [6.45, 7) is 7.14. The van der Waals surface area contributed by atoms with Gasteiger partial charge in [0.1, 0.15) is 5.75 Å². The van der Waals surface area contributed by atoms with Crippen LogP contribution in [0.25, 0.3) is 0 Å². The molecule has 262 valence electrons. The van der Waals surface area contributed by atoms with Crippen LogP contribution >= 0.6 is 11.6 Å². The fourth-order valence-corrected chi connectivity index (χ4v) is 6.34. The number of anilines is 2. The number of ether oxygens (including phenoxy) is 1. The summed E-state index contributed by atoms with van der Waals surface area (Å²) in [5, 5.41) is 13.7. The quantitative estimate of drug-likeness (QED) is 0.0510. The van der Waals surface area contributed by atoms with Gasteiger partial charge in [-0.25, -0.2) is 8.42 Å². The molecular weight excluding hydrogens is 642 g/mol. The molecule has 0 bridgehead atoms. The first-order valence-corrected chi connectivity index (χ1v) is 18.8. The van der Waals surface area contributed by atoms with Crippen molar-refractivity contribution in [3.05, 3.63) is 57.6 Å². The number of nitro benzene ring substituents is 1. The number of nitrogens with zero attached hydrogens (tertiary/aromatic N) is 1. The van der Waals surface area contributed by atoms with E-state index in [9.17, 15) is 28.1 Å². The molecule has 0 aromatic heterocycles. The van der Waals surface area contributed by atoms with Gasteiger partial charge < -0.3 is 10.1 Å². The van der Waals surface area contributed by atoms with Crippen molar-refractivity contribution in [3.8, 4) is 5.75 Å². The maximum absolute atomic E-state index is 13.3. The molecule has 2 rings (SSSR count). The van der Waals surface area contributed by atoms with Crippen molar-refractivity contribution in [2.75, 3.05) is 15.8 Å². The van der Waals surface area contributed by atoms with Crippen LogP contribution in [0.2, 0.25) is 5.02 Å². The number of sulfonamides is 1. The van der Waals surface area contributed by atoms with Crippen LogP contribution in [0.1, 0.15) is 118 Å². The lowest BCUT2D eigenvalue weighted by Crippen LogP contribution is -2.45. The topological polar surface area (TPSA) is 145 Å². The molecule has 2 aromatic carbocycles. The van der Waals surface area contributed by atoms with Gasteiger partial charge in [-0.3, -0.25) is 24.4 Å². The smallest absolute Gasteiger partial charge is 0.273 e. The van der Waals surface area contributed by atoms with E-state index in [-0.39, 0.29) is 33.6 Å². The SMILES string of the molecule is CCCCCCCCCCCCCCCCS(=O)(=O)Nc1ccc(Cl)c(NC(=O)C(Oc2ccc([N+](=O)[O-])cc2)C(=O)C(C)(C)C)c1. The Morgan fingerprint density at radius 2 is 1.36 bits per heavy atom. The standard InChI is InChI=1S/C35H52ClN3O7S/c1-5-6-7-8-9-10-11-12-13-14-15-16-17-18-25-47(44,45)38-27-19-24-30(36)31(26-27)37-34(41)32(33(40)35(2,3)4)46-29-22-20-28(21-23-29)39(42)43/h19-24,26,32,38H,5-18,25H2,1-4H3,(H,37,41). The third-order valence-electron chi connectivity index (χ3n) is 7.78. The highest BCUT2D eigenvalue weighted by Gasteiger charge is 2.37. The zero-order valence-corrected chi connectivity index (χ0v) is 29.9. The number of hydrogen-bond donors (Lipinski definition) is 2. The maximum atomic E-state index is 13.3. The summed E-state index contributed by atoms with van der Waals surface area (Å²) in [7, 11) is -3.64. The van der Waals surface area contributed by atoms with Crippen LogP contribution in [0.4, 0.5) is 17.1 Å². The molecule has 0 spiro atoms. The number of Topliss-reactive ketones (excluding diaryl/α,β-unsaturated/α-hetero) is 1.